The lowest BCUT2D eigenvalue weighted by Gasteiger charge is -2.65. The number of hydrogen-bond acceptors (Lipinski definition) is 1. The van der Waals surface area contributed by atoms with Gasteiger partial charge in [0.15, 0.2) is 0 Å². The Balaban J connectivity index is 0.00000119. The highest BCUT2D eigenvalue weighted by atomic mass is 19.4. The summed E-state index contributed by atoms with van der Waals surface area (Å²) in [5, 5.41) is -3.84. The van der Waals surface area contributed by atoms with E-state index in [4.69, 9.17) is 36.1 Å². The van der Waals surface area contributed by atoms with Gasteiger partial charge in [0, 0.05) is 5.92 Å². The summed E-state index contributed by atoms with van der Waals surface area (Å²) in [4.78, 5) is 0. The molecular weight excluding hydrogens is 405 g/mol. The molecule has 4 saturated carbocycles. The molecule has 5 rings (SSSR count). The summed E-state index contributed by atoms with van der Waals surface area (Å²) in [7, 11) is 24.7. The number of alkyl halides is 3. The number of rotatable bonds is 2. The highest BCUT2D eigenvalue weighted by Crippen LogP contribution is 2.71. The molecule has 0 spiro atoms. The fourth-order valence-corrected chi connectivity index (χ4v) is 8.87. The molecule has 1 saturated heterocycles. The van der Waals surface area contributed by atoms with Crippen LogP contribution in [-0.4, -0.2) is 50.3 Å². The lowest BCUT2D eigenvalue weighted by Crippen LogP contribution is -2.59. The van der Waals surface area contributed by atoms with Gasteiger partial charge in [-0.3, -0.25) is 0 Å². The molecule has 1 nitrogen and oxygen atoms in total. The third-order valence-electron chi connectivity index (χ3n) is 10.1. The molecule has 0 aromatic carbocycles. The molecular formula is C24H35B4F3O. The Hall–Kier alpha value is 0.00974. The molecule has 4 aliphatic carbocycles. The average molecular weight is 440 g/mol. The Morgan fingerprint density at radius 3 is 2.09 bits per heavy atom. The van der Waals surface area contributed by atoms with E-state index in [1.54, 1.807) is 0 Å². The molecule has 0 aromatic rings. The van der Waals surface area contributed by atoms with Crippen LogP contribution in [-0.2, 0) is 4.74 Å². The molecule has 9 atom stereocenters. The third kappa shape index (κ3) is 3.95. The fourth-order valence-electron chi connectivity index (χ4n) is 8.87. The van der Waals surface area contributed by atoms with Gasteiger partial charge in [0.2, 0.25) is 0 Å². The SMILES string of the molecule is CC.[B]C1([B])C[C@@H]2C3CC[C@]4(C)C(CC5CO5)CCC4[C@@H]3CC[C@@H]2C([B])([B])[C@H]1C(F)(F)F. The van der Waals surface area contributed by atoms with Crippen molar-refractivity contribution < 1.29 is 17.9 Å². The van der Waals surface area contributed by atoms with E-state index in [2.05, 4.69) is 6.92 Å². The minimum absolute atomic E-state index is 0.0253. The maximum Gasteiger partial charge on any atom is 0.390 e. The minimum Gasteiger partial charge on any atom is -0.373 e. The van der Waals surface area contributed by atoms with Gasteiger partial charge in [-0.2, -0.15) is 13.2 Å². The van der Waals surface area contributed by atoms with E-state index in [0.717, 1.165) is 32.3 Å². The number of fused-ring (bicyclic) bond motifs is 5. The van der Waals surface area contributed by atoms with E-state index >= 15 is 0 Å². The second-order valence-electron chi connectivity index (χ2n) is 11.6. The van der Waals surface area contributed by atoms with Gasteiger partial charge in [-0.1, -0.05) is 44.0 Å². The van der Waals surface area contributed by atoms with E-state index in [1.807, 2.05) is 13.8 Å². The van der Waals surface area contributed by atoms with Crippen molar-refractivity contribution in [1.82, 2.24) is 0 Å². The zero-order chi connectivity index (χ0) is 23.7. The first kappa shape index (κ1) is 25.1. The van der Waals surface area contributed by atoms with E-state index < -0.39 is 22.5 Å². The lowest BCUT2D eigenvalue weighted by atomic mass is 9.25. The van der Waals surface area contributed by atoms with Crippen molar-refractivity contribution in [2.75, 3.05) is 6.61 Å². The first-order valence-corrected chi connectivity index (χ1v) is 12.7. The summed E-state index contributed by atoms with van der Waals surface area (Å²) < 4.78 is 47.1. The summed E-state index contributed by atoms with van der Waals surface area (Å²) in [5.74, 6) is -0.334. The topological polar surface area (TPSA) is 12.5 Å². The maximum atomic E-state index is 13.9. The maximum absolute atomic E-state index is 13.9. The van der Waals surface area contributed by atoms with Crippen LogP contribution in [0.1, 0.15) is 72.1 Å². The predicted octanol–water partition coefficient (Wildman–Crippen LogP) is 5.38. The second-order valence-corrected chi connectivity index (χ2v) is 11.6. The van der Waals surface area contributed by atoms with Crippen molar-refractivity contribution in [2.24, 2.45) is 46.8 Å². The molecule has 1 aliphatic heterocycles. The van der Waals surface area contributed by atoms with Crippen molar-refractivity contribution in [3.8, 4) is 0 Å². The molecule has 8 heteroatoms. The summed E-state index contributed by atoms with van der Waals surface area (Å²) in [6, 6.07) is 0. The summed E-state index contributed by atoms with van der Waals surface area (Å²) >= 11 is 0. The molecule has 0 amide bonds. The Kier molecular flexibility index (Phi) is 6.51. The van der Waals surface area contributed by atoms with E-state index in [0.29, 0.717) is 41.6 Å². The Morgan fingerprint density at radius 1 is 0.875 bits per heavy atom. The van der Waals surface area contributed by atoms with Crippen LogP contribution in [0.3, 0.4) is 0 Å². The molecule has 5 aliphatic rings. The molecule has 4 unspecified atom stereocenters. The van der Waals surface area contributed by atoms with E-state index in [9.17, 15) is 13.2 Å². The highest BCUT2D eigenvalue weighted by molar-refractivity contribution is 6.45. The van der Waals surface area contributed by atoms with Gasteiger partial charge in [0.1, 0.15) is 0 Å². The quantitative estimate of drug-likeness (QED) is 0.416. The van der Waals surface area contributed by atoms with Gasteiger partial charge in [0.25, 0.3) is 0 Å². The van der Waals surface area contributed by atoms with Gasteiger partial charge < -0.3 is 4.74 Å². The van der Waals surface area contributed by atoms with Crippen molar-refractivity contribution >= 4 is 31.4 Å². The second kappa shape index (κ2) is 8.30. The van der Waals surface area contributed by atoms with E-state index in [1.165, 1.54) is 12.8 Å². The van der Waals surface area contributed by atoms with Gasteiger partial charge in [0.05, 0.1) is 44.1 Å². The van der Waals surface area contributed by atoms with Gasteiger partial charge >= 0.3 is 6.18 Å². The van der Waals surface area contributed by atoms with Crippen LogP contribution in [0.15, 0.2) is 0 Å². The first-order chi connectivity index (χ1) is 14.9. The van der Waals surface area contributed by atoms with Crippen LogP contribution in [0.25, 0.3) is 0 Å². The Morgan fingerprint density at radius 2 is 1.50 bits per heavy atom. The number of hydrogen-bond donors (Lipinski definition) is 0. The van der Waals surface area contributed by atoms with Crippen molar-refractivity contribution in [3.63, 3.8) is 0 Å². The minimum atomic E-state index is -4.61. The van der Waals surface area contributed by atoms with Gasteiger partial charge in [-0.25, -0.2) is 0 Å². The average Bonchev–Trinajstić information content (AvgIpc) is 3.42. The van der Waals surface area contributed by atoms with E-state index in [-0.39, 0.29) is 18.3 Å². The Bertz CT molecular complexity index is 695. The first-order valence-electron chi connectivity index (χ1n) is 12.7. The van der Waals surface area contributed by atoms with Gasteiger partial charge in [-0.05, 0) is 79.4 Å². The van der Waals surface area contributed by atoms with Gasteiger partial charge in [-0.15, -0.1) is 0 Å². The largest absolute Gasteiger partial charge is 0.390 e. The summed E-state index contributed by atoms with van der Waals surface area (Å²) in [6.07, 6.45) is 3.30. The molecule has 170 valence electrons. The lowest BCUT2D eigenvalue weighted by molar-refractivity contribution is -0.205. The molecule has 5 fully saturated rings. The highest BCUT2D eigenvalue weighted by Gasteiger charge is 2.65. The summed E-state index contributed by atoms with van der Waals surface area (Å²) in [5.41, 5.74) is 0.314. The van der Waals surface area contributed by atoms with Crippen LogP contribution < -0.4 is 0 Å². The third-order valence-corrected chi connectivity index (χ3v) is 10.1. The van der Waals surface area contributed by atoms with Crippen LogP contribution in [0.4, 0.5) is 13.2 Å². The number of ether oxygens (including phenoxy) is 1. The van der Waals surface area contributed by atoms with Crippen LogP contribution in [0.5, 0.6) is 0 Å². The smallest absolute Gasteiger partial charge is 0.373 e. The predicted molar refractivity (Wildman–Crippen MR) is 125 cm³/mol. The molecule has 0 aromatic heterocycles. The standard InChI is InChI=1S/C22H29B4F3O.C2H6/c1-19-7-6-13-14(16(19)4-2-11(19)8-12-10-30-12)3-5-17-15(13)9-20(23,24)18(21(17,25)26)22(27,28)29;1-2/h11-18H,2-10H2,1H3;1-2H3/t11?,12?,13?,14-,15-,16?,17+,18+,19-;/m1./s1. The zero-order valence-corrected chi connectivity index (χ0v) is 19.8. The molecule has 8 radical (unpaired) electrons. The van der Waals surface area contributed by atoms with Crippen molar-refractivity contribution in [2.45, 2.75) is 94.8 Å². The summed E-state index contributed by atoms with van der Waals surface area (Å²) in [6.45, 7) is 7.35. The van der Waals surface area contributed by atoms with Crippen LogP contribution in [0, 0.1) is 46.8 Å². The molecule has 0 N–H and O–H groups in total. The van der Waals surface area contributed by atoms with Crippen LogP contribution >= 0.6 is 0 Å². The van der Waals surface area contributed by atoms with Crippen molar-refractivity contribution in [3.05, 3.63) is 0 Å². The number of halogens is 3. The zero-order valence-electron chi connectivity index (χ0n) is 19.8. The monoisotopic (exact) mass is 440 g/mol. The Labute approximate surface area is 197 Å². The normalized spacial score (nSPS) is 48.4. The molecule has 1 heterocycles. The van der Waals surface area contributed by atoms with Crippen LogP contribution in [0.2, 0.25) is 10.4 Å². The van der Waals surface area contributed by atoms with Crippen molar-refractivity contribution in [1.29, 1.82) is 0 Å². The fraction of sp³-hybridized carbons (Fsp3) is 1.00. The molecule has 32 heavy (non-hydrogen) atoms. The molecule has 0 bridgehead atoms. The number of epoxide rings is 1.